The SMILES string of the molecule is COC(=O)N1CC[C@]2(C)c3ccccc3N(C)[C@H]12. The first-order valence-electron chi connectivity index (χ1n) is 6.26. The number of rotatable bonds is 0. The highest BCUT2D eigenvalue weighted by Gasteiger charge is 2.54. The van der Waals surface area contributed by atoms with Gasteiger partial charge in [-0.1, -0.05) is 25.1 Å². The van der Waals surface area contributed by atoms with E-state index in [4.69, 9.17) is 4.74 Å². The van der Waals surface area contributed by atoms with Crippen LogP contribution in [0.4, 0.5) is 10.5 Å². The van der Waals surface area contributed by atoms with Gasteiger partial charge in [0.1, 0.15) is 6.17 Å². The Kier molecular flexibility index (Phi) is 2.30. The van der Waals surface area contributed by atoms with Crippen molar-refractivity contribution in [2.45, 2.75) is 24.9 Å². The minimum Gasteiger partial charge on any atom is -0.453 e. The van der Waals surface area contributed by atoms with Crippen molar-refractivity contribution < 1.29 is 9.53 Å². The summed E-state index contributed by atoms with van der Waals surface area (Å²) < 4.78 is 4.89. The molecule has 18 heavy (non-hydrogen) atoms. The van der Waals surface area contributed by atoms with Crippen molar-refractivity contribution in [2.24, 2.45) is 0 Å². The zero-order valence-electron chi connectivity index (χ0n) is 11.0. The van der Waals surface area contributed by atoms with Gasteiger partial charge in [0.2, 0.25) is 0 Å². The van der Waals surface area contributed by atoms with E-state index in [9.17, 15) is 4.79 Å². The van der Waals surface area contributed by atoms with Crippen LogP contribution in [0.15, 0.2) is 24.3 Å². The third-order valence-electron chi connectivity index (χ3n) is 4.41. The molecule has 0 aliphatic carbocycles. The predicted molar refractivity (Wildman–Crippen MR) is 69.7 cm³/mol. The van der Waals surface area contributed by atoms with E-state index >= 15 is 0 Å². The van der Waals surface area contributed by atoms with Gasteiger partial charge in [-0.2, -0.15) is 0 Å². The summed E-state index contributed by atoms with van der Waals surface area (Å²) >= 11 is 0. The van der Waals surface area contributed by atoms with Crippen molar-refractivity contribution >= 4 is 11.8 Å². The lowest BCUT2D eigenvalue weighted by Crippen LogP contribution is -2.49. The number of likely N-dealkylation sites (N-methyl/N-ethyl adjacent to an activating group) is 1. The summed E-state index contributed by atoms with van der Waals surface area (Å²) in [7, 11) is 3.50. The van der Waals surface area contributed by atoms with Crippen LogP contribution < -0.4 is 4.90 Å². The number of carbonyl (C=O) groups is 1. The van der Waals surface area contributed by atoms with Gasteiger partial charge in [0.25, 0.3) is 0 Å². The second kappa shape index (κ2) is 3.64. The summed E-state index contributed by atoms with van der Waals surface area (Å²) in [4.78, 5) is 15.9. The summed E-state index contributed by atoms with van der Waals surface area (Å²) in [5, 5.41) is 0. The molecule has 0 spiro atoms. The first-order chi connectivity index (χ1) is 8.59. The van der Waals surface area contributed by atoms with Crippen LogP contribution in [0.2, 0.25) is 0 Å². The number of ether oxygens (including phenoxy) is 1. The highest BCUT2D eigenvalue weighted by Crippen LogP contribution is 2.51. The zero-order chi connectivity index (χ0) is 12.9. The summed E-state index contributed by atoms with van der Waals surface area (Å²) in [6.45, 7) is 3.00. The number of para-hydroxylation sites is 1. The number of hydrogen-bond acceptors (Lipinski definition) is 3. The second-order valence-electron chi connectivity index (χ2n) is 5.33. The maximum absolute atomic E-state index is 11.9. The quantitative estimate of drug-likeness (QED) is 0.703. The maximum Gasteiger partial charge on any atom is 0.411 e. The molecule has 0 N–H and O–H groups in total. The Morgan fingerprint density at radius 3 is 2.89 bits per heavy atom. The molecular weight excluding hydrogens is 228 g/mol. The molecule has 1 aromatic rings. The van der Waals surface area contributed by atoms with E-state index in [1.165, 1.54) is 18.4 Å². The third kappa shape index (κ3) is 1.23. The topological polar surface area (TPSA) is 32.8 Å². The van der Waals surface area contributed by atoms with Crippen molar-refractivity contribution in [1.29, 1.82) is 0 Å². The molecule has 96 valence electrons. The van der Waals surface area contributed by atoms with Gasteiger partial charge < -0.3 is 9.64 Å². The number of benzene rings is 1. The number of anilines is 1. The Morgan fingerprint density at radius 1 is 1.44 bits per heavy atom. The number of carbonyl (C=O) groups excluding carboxylic acids is 1. The fourth-order valence-corrected chi connectivity index (χ4v) is 3.56. The lowest BCUT2D eigenvalue weighted by atomic mass is 9.81. The van der Waals surface area contributed by atoms with Crippen LogP contribution in [0.1, 0.15) is 18.9 Å². The molecule has 1 aromatic carbocycles. The van der Waals surface area contributed by atoms with Gasteiger partial charge in [0.15, 0.2) is 0 Å². The molecule has 0 bridgehead atoms. The van der Waals surface area contributed by atoms with Crippen LogP contribution in [0.3, 0.4) is 0 Å². The number of fused-ring (bicyclic) bond motifs is 3. The van der Waals surface area contributed by atoms with E-state index in [0.717, 1.165) is 13.0 Å². The largest absolute Gasteiger partial charge is 0.453 e. The lowest BCUT2D eigenvalue weighted by Gasteiger charge is -2.33. The van der Waals surface area contributed by atoms with Crippen LogP contribution in [-0.2, 0) is 10.2 Å². The normalized spacial score (nSPS) is 29.2. The molecule has 1 amide bonds. The maximum atomic E-state index is 11.9. The fraction of sp³-hybridized carbons (Fsp3) is 0.500. The molecule has 0 aromatic heterocycles. The molecule has 1 saturated heterocycles. The Balaban J connectivity index is 2.07. The van der Waals surface area contributed by atoms with Crippen LogP contribution in [-0.4, -0.2) is 37.9 Å². The van der Waals surface area contributed by atoms with Crippen molar-refractivity contribution in [3.8, 4) is 0 Å². The molecule has 4 nitrogen and oxygen atoms in total. The van der Waals surface area contributed by atoms with Crippen molar-refractivity contribution in [3.63, 3.8) is 0 Å². The first-order valence-corrected chi connectivity index (χ1v) is 6.26. The van der Waals surface area contributed by atoms with Gasteiger partial charge in [-0.3, -0.25) is 4.90 Å². The molecule has 3 rings (SSSR count). The van der Waals surface area contributed by atoms with Crippen LogP contribution >= 0.6 is 0 Å². The molecule has 1 fully saturated rings. The Hall–Kier alpha value is -1.71. The summed E-state index contributed by atoms with van der Waals surface area (Å²) in [6.07, 6.45) is 0.819. The molecule has 0 unspecified atom stereocenters. The van der Waals surface area contributed by atoms with Gasteiger partial charge in [-0.15, -0.1) is 0 Å². The second-order valence-corrected chi connectivity index (χ2v) is 5.33. The number of nitrogens with zero attached hydrogens (tertiary/aromatic N) is 2. The van der Waals surface area contributed by atoms with Crippen molar-refractivity contribution in [1.82, 2.24) is 4.90 Å². The number of hydrogen-bond donors (Lipinski definition) is 0. The van der Waals surface area contributed by atoms with E-state index in [-0.39, 0.29) is 17.7 Å². The predicted octanol–water partition coefficient (Wildman–Crippen LogP) is 2.19. The lowest BCUT2D eigenvalue weighted by molar-refractivity contribution is 0.114. The smallest absolute Gasteiger partial charge is 0.411 e. The van der Waals surface area contributed by atoms with Gasteiger partial charge in [-0.05, 0) is 18.1 Å². The van der Waals surface area contributed by atoms with Crippen LogP contribution in [0.5, 0.6) is 0 Å². The van der Waals surface area contributed by atoms with Crippen LogP contribution in [0, 0.1) is 0 Å². The number of likely N-dealkylation sites (tertiary alicyclic amines) is 1. The van der Waals surface area contributed by atoms with Crippen LogP contribution in [0.25, 0.3) is 0 Å². The monoisotopic (exact) mass is 246 g/mol. The van der Waals surface area contributed by atoms with Gasteiger partial charge in [-0.25, -0.2) is 4.79 Å². The Morgan fingerprint density at radius 2 is 2.17 bits per heavy atom. The molecule has 2 aliphatic heterocycles. The highest BCUT2D eigenvalue weighted by atomic mass is 16.5. The molecular formula is C14H18N2O2. The molecule has 0 radical (unpaired) electrons. The fourth-order valence-electron chi connectivity index (χ4n) is 3.56. The van der Waals surface area contributed by atoms with Gasteiger partial charge >= 0.3 is 6.09 Å². The number of amides is 1. The summed E-state index contributed by atoms with van der Waals surface area (Å²) in [5.41, 5.74) is 2.57. The minimum absolute atomic E-state index is 0.0134. The average molecular weight is 246 g/mol. The van der Waals surface area contributed by atoms with E-state index in [1.807, 2.05) is 11.0 Å². The minimum atomic E-state index is -0.233. The van der Waals surface area contributed by atoms with Crippen molar-refractivity contribution in [2.75, 3.05) is 25.6 Å². The Bertz CT molecular complexity index is 502. The molecule has 4 heteroatoms. The van der Waals surface area contributed by atoms with E-state index in [1.54, 1.807) is 0 Å². The van der Waals surface area contributed by atoms with Gasteiger partial charge in [0, 0.05) is 24.7 Å². The standard InChI is InChI=1S/C14H18N2O2/c1-14-8-9-16(13(17)18-3)12(14)15(2)11-7-5-4-6-10(11)14/h4-7,12H,8-9H2,1-3H3/t12-,14-/m1/s1. The van der Waals surface area contributed by atoms with E-state index < -0.39 is 0 Å². The third-order valence-corrected chi connectivity index (χ3v) is 4.41. The van der Waals surface area contributed by atoms with E-state index in [2.05, 4.69) is 37.1 Å². The summed E-state index contributed by atoms with van der Waals surface area (Å²) in [5.74, 6) is 0. The first kappa shape index (κ1) is 11.4. The van der Waals surface area contributed by atoms with Crippen molar-refractivity contribution in [3.05, 3.63) is 29.8 Å². The average Bonchev–Trinajstić information content (AvgIpc) is 2.85. The molecule has 2 atom stereocenters. The molecule has 2 aliphatic rings. The zero-order valence-corrected chi connectivity index (χ0v) is 11.0. The number of methoxy groups -OCH3 is 1. The van der Waals surface area contributed by atoms with E-state index in [0.29, 0.717) is 0 Å². The highest BCUT2D eigenvalue weighted by molar-refractivity contribution is 5.73. The Labute approximate surface area is 107 Å². The summed E-state index contributed by atoms with van der Waals surface area (Å²) in [6, 6.07) is 8.41. The van der Waals surface area contributed by atoms with Gasteiger partial charge in [0.05, 0.1) is 7.11 Å². The molecule has 2 heterocycles. The molecule has 0 saturated carbocycles.